The molecule has 0 saturated carbocycles. The predicted octanol–water partition coefficient (Wildman–Crippen LogP) is 4.24. The van der Waals surface area contributed by atoms with Crippen LogP contribution in [0.15, 0.2) is 42.9 Å². The van der Waals surface area contributed by atoms with Crippen molar-refractivity contribution in [1.29, 1.82) is 0 Å². The van der Waals surface area contributed by atoms with Crippen LogP contribution in [0.4, 0.5) is 40.8 Å². The number of halogens is 8. The topological polar surface area (TPSA) is 97.5 Å². The van der Waals surface area contributed by atoms with E-state index in [9.17, 15) is 39.9 Å². The molecule has 1 amide bonds. The van der Waals surface area contributed by atoms with Gasteiger partial charge in [0.1, 0.15) is 22.4 Å². The van der Waals surface area contributed by atoms with E-state index in [1.165, 1.54) is 0 Å². The third-order valence-corrected chi connectivity index (χ3v) is 3.80. The standard InChI is InChI=1S/C18H8F8N4O4/c19-10-5-9(1-2-11(10)34-18(24,25)26)33-12-7-27-15(17(21,22)23)14(20)13(12)16(31)29-8-3-4-30(32)28-6-8/h1-7,32H/p+1. The zero-order chi connectivity index (χ0) is 25.3. The summed E-state index contributed by atoms with van der Waals surface area (Å²) in [5.74, 6) is -7.98. The quantitative estimate of drug-likeness (QED) is 0.311. The smallest absolute Gasteiger partial charge is 0.455 e. The molecule has 0 unspecified atom stereocenters. The normalized spacial score (nSPS) is 11.8. The van der Waals surface area contributed by atoms with Crippen LogP contribution in [0.25, 0.3) is 0 Å². The second kappa shape index (κ2) is 8.95. The van der Waals surface area contributed by atoms with Gasteiger partial charge in [0.2, 0.25) is 0 Å². The van der Waals surface area contributed by atoms with E-state index >= 15 is 0 Å². The second-order valence-electron chi connectivity index (χ2n) is 6.19. The number of benzene rings is 1. The summed E-state index contributed by atoms with van der Waals surface area (Å²) in [6, 6.07) is 2.64. The van der Waals surface area contributed by atoms with E-state index in [0.29, 0.717) is 23.2 Å². The van der Waals surface area contributed by atoms with E-state index in [1.807, 2.05) is 5.32 Å². The van der Waals surface area contributed by atoms with Gasteiger partial charge in [-0.25, -0.2) is 13.8 Å². The molecular formula is C18H9F8N4O4+. The van der Waals surface area contributed by atoms with Crippen molar-refractivity contribution in [2.75, 3.05) is 5.32 Å². The number of pyridine rings is 1. The van der Waals surface area contributed by atoms with Crippen LogP contribution in [0.1, 0.15) is 16.1 Å². The summed E-state index contributed by atoms with van der Waals surface area (Å²) in [7, 11) is 0. The SMILES string of the molecule is O=C(Nc1cc[n+](O)nc1)c1c(Oc2ccc(OC(F)(F)F)c(F)c2)cnc(C(F)(F)F)c1F. The Balaban J connectivity index is 2.00. The van der Waals surface area contributed by atoms with Gasteiger partial charge in [-0.1, -0.05) is 0 Å². The van der Waals surface area contributed by atoms with Crippen LogP contribution >= 0.6 is 0 Å². The maximum Gasteiger partial charge on any atom is 0.573 e. The molecule has 1 aromatic carbocycles. The number of alkyl halides is 6. The van der Waals surface area contributed by atoms with Crippen LogP contribution < -0.4 is 19.6 Å². The highest BCUT2D eigenvalue weighted by Gasteiger charge is 2.39. The summed E-state index contributed by atoms with van der Waals surface area (Å²) < 4.78 is 113. The Morgan fingerprint density at radius 3 is 2.29 bits per heavy atom. The fourth-order valence-electron chi connectivity index (χ4n) is 2.45. The third kappa shape index (κ3) is 5.76. The number of rotatable bonds is 5. The maximum atomic E-state index is 14.7. The summed E-state index contributed by atoms with van der Waals surface area (Å²) in [6.07, 6.45) is -8.39. The van der Waals surface area contributed by atoms with Crippen LogP contribution in [0, 0.1) is 11.6 Å². The number of nitrogens with one attached hydrogen (secondary N) is 1. The number of aromatic nitrogens is 3. The van der Waals surface area contributed by atoms with Crippen molar-refractivity contribution in [2.45, 2.75) is 12.5 Å². The van der Waals surface area contributed by atoms with Crippen molar-refractivity contribution < 1.29 is 59.4 Å². The van der Waals surface area contributed by atoms with Gasteiger partial charge in [-0.2, -0.15) is 13.2 Å². The molecule has 0 aliphatic heterocycles. The summed E-state index contributed by atoms with van der Waals surface area (Å²) in [5, 5.41) is 14.4. The first-order valence-corrected chi connectivity index (χ1v) is 8.62. The molecule has 2 N–H and O–H groups in total. The number of hydrogen-bond acceptors (Lipinski definition) is 6. The molecule has 0 saturated heterocycles. The van der Waals surface area contributed by atoms with Gasteiger partial charge in [0, 0.05) is 17.2 Å². The van der Waals surface area contributed by atoms with Gasteiger partial charge in [0.15, 0.2) is 28.8 Å². The number of nitrogens with zero attached hydrogens (tertiary/aromatic N) is 3. The number of hydrogen-bond donors (Lipinski definition) is 2. The van der Waals surface area contributed by atoms with E-state index in [2.05, 4.69) is 14.8 Å². The lowest BCUT2D eigenvalue weighted by atomic mass is 10.1. The first-order chi connectivity index (χ1) is 15.7. The second-order valence-corrected chi connectivity index (χ2v) is 6.19. The minimum absolute atomic E-state index is 0.175. The minimum Gasteiger partial charge on any atom is -0.455 e. The van der Waals surface area contributed by atoms with Crippen LogP contribution in [0.5, 0.6) is 17.2 Å². The molecular weight excluding hydrogens is 488 g/mol. The summed E-state index contributed by atoms with van der Waals surface area (Å²) in [5.41, 5.74) is -3.55. The Bertz CT molecular complexity index is 1220. The summed E-state index contributed by atoms with van der Waals surface area (Å²) in [4.78, 5) is 15.8. The van der Waals surface area contributed by atoms with Gasteiger partial charge in [-0.15, -0.1) is 13.2 Å². The van der Waals surface area contributed by atoms with Crippen LogP contribution in [-0.2, 0) is 6.18 Å². The molecule has 0 aliphatic rings. The first-order valence-electron chi connectivity index (χ1n) is 8.62. The van der Waals surface area contributed by atoms with Crippen molar-refractivity contribution in [3.63, 3.8) is 0 Å². The molecule has 0 fully saturated rings. The molecule has 3 rings (SSSR count). The summed E-state index contributed by atoms with van der Waals surface area (Å²) in [6.45, 7) is 0. The first kappa shape index (κ1) is 24.4. The molecule has 16 heteroatoms. The van der Waals surface area contributed by atoms with Gasteiger partial charge in [0.05, 0.1) is 11.9 Å². The molecule has 0 bridgehead atoms. The van der Waals surface area contributed by atoms with Crippen LogP contribution in [0.2, 0.25) is 0 Å². The van der Waals surface area contributed by atoms with Crippen molar-refractivity contribution in [3.05, 3.63) is 65.7 Å². The number of amides is 1. The van der Waals surface area contributed by atoms with Crippen molar-refractivity contribution in [2.24, 2.45) is 0 Å². The molecule has 180 valence electrons. The molecule has 0 radical (unpaired) electrons. The fraction of sp³-hybridized carbons (Fsp3) is 0.111. The average molecular weight is 497 g/mol. The summed E-state index contributed by atoms with van der Waals surface area (Å²) >= 11 is 0. The van der Waals surface area contributed by atoms with E-state index in [-0.39, 0.29) is 5.69 Å². The lowest BCUT2D eigenvalue weighted by Gasteiger charge is -2.15. The Labute approximate surface area is 182 Å². The fourth-order valence-corrected chi connectivity index (χ4v) is 2.45. The van der Waals surface area contributed by atoms with Gasteiger partial charge >= 0.3 is 12.5 Å². The Morgan fingerprint density at radius 1 is 1.03 bits per heavy atom. The lowest BCUT2D eigenvalue weighted by molar-refractivity contribution is -0.948. The highest BCUT2D eigenvalue weighted by Crippen LogP contribution is 2.36. The number of carbonyl (C=O) groups excluding carboxylic acids is 1. The predicted molar refractivity (Wildman–Crippen MR) is 91.9 cm³/mol. The van der Waals surface area contributed by atoms with E-state index in [1.54, 1.807) is 0 Å². The number of carbonyl (C=O) groups is 1. The zero-order valence-corrected chi connectivity index (χ0v) is 16.1. The third-order valence-electron chi connectivity index (χ3n) is 3.80. The number of anilines is 1. The van der Waals surface area contributed by atoms with Gasteiger partial charge in [0.25, 0.3) is 12.1 Å². The molecule has 3 aromatic rings. The molecule has 34 heavy (non-hydrogen) atoms. The Hall–Kier alpha value is -4.24. The molecule has 8 nitrogen and oxygen atoms in total. The monoisotopic (exact) mass is 497 g/mol. The van der Waals surface area contributed by atoms with Crippen LogP contribution in [0.3, 0.4) is 0 Å². The zero-order valence-electron chi connectivity index (χ0n) is 16.1. The average Bonchev–Trinajstić information content (AvgIpc) is 2.70. The van der Waals surface area contributed by atoms with Crippen molar-refractivity contribution >= 4 is 11.6 Å². The molecule has 0 aliphatic carbocycles. The molecule has 2 aromatic heterocycles. The number of ether oxygens (including phenoxy) is 2. The van der Waals surface area contributed by atoms with Gasteiger partial charge < -0.3 is 14.8 Å². The molecule has 0 atom stereocenters. The van der Waals surface area contributed by atoms with E-state index in [0.717, 1.165) is 24.5 Å². The Kier molecular flexibility index (Phi) is 6.42. The highest BCUT2D eigenvalue weighted by molar-refractivity contribution is 6.06. The highest BCUT2D eigenvalue weighted by atomic mass is 19.4. The van der Waals surface area contributed by atoms with Gasteiger partial charge in [-0.05, 0) is 12.1 Å². The maximum absolute atomic E-state index is 14.7. The minimum atomic E-state index is -5.31. The Morgan fingerprint density at radius 2 is 1.74 bits per heavy atom. The largest absolute Gasteiger partial charge is 0.573 e. The lowest BCUT2D eigenvalue weighted by Crippen LogP contribution is -2.33. The molecule has 0 spiro atoms. The van der Waals surface area contributed by atoms with Crippen molar-refractivity contribution in [1.82, 2.24) is 10.1 Å². The van der Waals surface area contributed by atoms with Crippen molar-refractivity contribution in [3.8, 4) is 17.2 Å². The van der Waals surface area contributed by atoms with E-state index in [4.69, 9.17) is 9.94 Å². The van der Waals surface area contributed by atoms with Gasteiger partial charge in [-0.3, -0.25) is 10.0 Å². The van der Waals surface area contributed by atoms with Crippen LogP contribution in [-0.4, -0.2) is 27.6 Å². The molecule has 2 heterocycles. The van der Waals surface area contributed by atoms with E-state index < -0.39 is 58.6 Å².